The molecule has 0 saturated carbocycles. The van der Waals surface area contributed by atoms with Gasteiger partial charge in [0.25, 0.3) is 0 Å². The van der Waals surface area contributed by atoms with Crippen LogP contribution >= 0.6 is 0 Å². The molecule has 0 spiro atoms. The third-order valence-corrected chi connectivity index (χ3v) is 2.45. The number of hydrogen-bond acceptors (Lipinski definition) is 3. The van der Waals surface area contributed by atoms with Gasteiger partial charge in [-0.05, 0) is 17.7 Å². The Bertz CT molecular complexity index is 406. The Morgan fingerprint density at radius 2 is 1.82 bits per heavy atom. The van der Waals surface area contributed by atoms with Crippen molar-refractivity contribution in [3.63, 3.8) is 0 Å². The zero-order chi connectivity index (χ0) is 12.5. The van der Waals surface area contributed by atoms with Crippen LogP contribution in [0.25, 0.3) is 0 Å². The molecule has 0 bridgehead atoms. The van der Waals surface area contributed by atoms with Crippen LogP contribution in [0.3, 0.4) is 0 Å². The largest absolute Gasteiger partial charge is 0.486 e. The Kier molecular flexibility index (Phi) is 3.15. The second-order valence-corrected chi connectivity index (χ2v) is 3.83. The summed E-state index contributed by atoms with van der Waals surface area (Å²) in [4.78, 5) is 0. The summed E-state index contributed by atoms with van der Waals surface area (Å²) in [6, 6.07) is 3.54. The Balaban J connectivity index is 2.16. The lowest BCUT2D eigenvalue weighted by Crippen LogP contribution is -2.21. The van der Waals surface area contributed by atoms with E-state index in [0.29, 0.717) is 30.3 Å². The van der Waals surface area contributed by atoms with Gasteiger partial charge in [0.1, 0.15) is 13.2 Å². The molecule has 6 heteroatoms. The van der Waals surface area contributed by atoms with Gasteiger partial charge in [0.05, 0.1) is 6.42 Å². The average molecular weight is 247 g/mol. The summed E-state index contributed by atoms with van der Waals surface area (Å²) in [5.74, 6) is 0.991. The molecule has 1 unspecified atom stereocenters. The zero-order valence-corrected chi connectivity index (χ0v) is 8.96. The van der Waals surface area contributed by atoms with Crippen molar-refractivity contribution in [3.05, 3.63) is 23.8 Å². The van der Waals surface area contributed by atoms with Gasteiger partial charge in [-0.1, -0.05) is 6.07 Å². The smallest absolute Gasteiger partial charge is 0.390 e. The highest BCUT2D eigenvalue weighted by atomic mass is 19.4. The van der Waals surface area contributed by atoms with Crippen molar-refractivity contribution >= 4 is 0 Å². The SMILES string of the molecule is NC(CC(F)(F)F)c1ccc2c(c1)OCCO2. The standard InChI is InChI=1S/C11H12F3NO2/c12-11(13,14)6-8(15)7-1-2-9-10(5-7)17-4-3-16-9/h1-2,5,8H,3-4,6,15H2. The van der Waals surface area contributed by atoms with Gasteiger partial charge in [-0.25, -0.2) is 0 Å². The third kappa shape index (κ3) is 3.03. The molecule has 2 rings (SSSR count). The highest BCUT2D eigenvalue weighted by molar-refractivity contribution is 5.44. The van der Waals surface area contributed by atoms with E-state index in [2.05, 4.69) is 0 Å². The van der Waals surface area contributed by atoms with Gasteiger partial charge < -0.3 is 15.2 Å². The average Bonchev–Trinajstić information content (AvgIpc) is 2.26. The molecule has 0 amide bonds. The van der Waals surface area contributed by atoms with E-state index in [4.69, 9.17) is 15.2 Å². The van der Waals surface area contributed by atoms with Crippen LogP contribution in [0.2, 0.25) is 0 Å². The Morgan fingerprint density at radius 1 is 1.18 bits per heavy atom. The molecule has 94 valence electrons. The molecule has 17 heavy (non-hydrogen) atoms. The fourth-order valence-corrected chi connectivity index (χ4v) is 1.66. The predicted molar refractivity (Wildman–Crippen MR) is 55.0 cm³/mol. The number of benzene rings is 1. The van der Waals surface area contributed by atoms with Gasteiger partial charge in [-0.2, -0.15) is 13.2 Å². The predicted octanol–water partition coefficient (Wildman–Crippen LogP) is 2.41. The highest BCUT2D eigenvalue weighted by Crippen LogP contribution is 2.34. The molecule has 1 aromatic rings. The van der Waals surface area contributed by atoms with Gasteiger partial charge in [0, 0.05) is 6.04 Å². The molecule has 1 aliphatic rings. The van der Waals surface area contributed by atoms with Crippen molar-refractivity contribution in [3.8, 4) is 11.5 Å². The van der Waals surface area contributed by atoms with Crippen LogP contribution in [0, 0.1) is 0 Å². The summed E-state index contributed by atoms with van der Waals surface area (Å²) in [5.41, 5.74) is 5.89. The van der Waals surface area contributed by atoms with E-state index < -0.39 is 18.6 Å². The van der Waals surface area contributed by atoms with Gasteiger partial charge in [-0.3, -0.25) is 0 Å². The summed E-state index contributed by atoms with van der Waals surface area (Å²) >= 11 is 0. The molecule has 1 aromatic carbocycles. The minimum Gasteiger partial charge on any atom is -0.486 e. The van der Waals surface area contributed by atoms with Crippen LogP contribution in [0.1, 0.15) is 18.0 Å². The molecule has 0 saturated heterocycles. The molecule has 1 aliphatic heterocycles. The molecule has 0 fully saturated rings. The maximum Gasteiger partial charge on any atom is 0.390 e. The maximum atomic E-state index is 12.2. The van der Waals surface area contributed by atoms with Crippen molar-refractivity contribution < 1.29 is 22.6 Å². The summed E-state index contributed by atoms with van der Waals surface area (Å²) in [7, 11) is 0. The lowest BCUT2D eigenvalue weighted by Gasteiger charge is -2.21. The molecule has 1 atom stereocenters. The van der Waals surface area contributed by atoms with E-state index in [0.717, 1.165) is 0 Å². The van der Waals surface area contributed by atoms with Crippen LogP contribution in [-0.4, -0.2) is 19.4 Å². The Labute approximate surface area is 96.3 Å². The second kappa shape index (κ2) is 4.44. The quantitative estimate of drug-likeness (QED) is 0.872. The molecule has 2 N–H and O–H groups in total. The van der Waals surface area contributed by atoms with Crippen molar-refractivity contribution in [2.45, 2.75) is 18.6 Å². The number of hydrogen-bond donors (Lipinski definition) is 1. The second-order valence-electron chi connectivity index (χ2n) is 3.83. The van der Waals surface area contributed by atoms with Gasteiger partial charge in [-0.15, -0.1) is 0 Å². The number of alkyl halides is 3. The van der Waals surface area contributed by atoms with Crippen LogP contribution in [0.15, 0.2) is 18.2 Å². The molecule has 0 aromatic heterocycles. The van der Waals surface area contributed by atoms with Crippen LogP contribution in [0.4, 0.5) is 13.2 Å². The van der Waals surface area contributed by atoms with E-state index in [1.54, 1.807) is 6.07 Å². The normalized spacial score (nSPS) is 16.7. The molecule has 0 aliphatic carbocycles. The summed E-state index contributed by atoms with van der Waals surface area (Å²) in [5, 5.41) is 0. The lowest BCUT2D eigenvalue weighted by atomic mass is 10.0. The first-order chi connectivity index (χ1) is 7.96. The summed E-state index contributed by atoms with van der Waals surface area (Å²) < 4.78 is 47.1. The lowest BCUT2D eigenvalue weighted by molar-refractivity contribution is -0.138. The van der Waals surface area contributed by atoms with Crippen molar-refractivity contribution in [2.75, 3.05) is 13.2 Å². The fraction of sp³-hybridized carbons (Fsp3) is 0.455. The first kappa shape index (κ1) is 12.0. The van der Waals surface area contributed by atoms with Crippen LogP contribution < -0.4 is 15.2 Å². The van der Waals surface area contributed by atoms with Crippen molar-refractivity contribution in [2.24, 2.45) is 5.73 Å². The molecule has 0 radical (unpaired) electrons. The zero-order valence-electron chi connectivity index (χ0n) is 8.96. The molecule has 3 nitrogen and oxygen atoms in total. The minimum absolute atomic E-state index is 0.394. The van der Waals surface area contributed by atoms with Crippen molar-refractivity contribution in [1.82, 2.24) is 0 Å². The van der Waals surface area contributed by atoms with Crippen LogP contribution in [0.5, 0.6) is 11.5 Å². The third-order valence-electron chi connectivity index (χ3n) is 2.45. The highest BCUT2D eigenvalue weighted by Gasteiger charge is 2.31. The number of fused-ring (bicyclic) bond motifs is 1. The number of halogens is 3. The van der Waals surface area contributed by atoms with Gasteiger partial charge in [0.2, 0.25) is 0 Å². The first-order valence-corrected chi connectivity index (χ1v) is 5.17. The van der Waals surface area contributed by atoms with E-state index in [-0.39, 0.29) is 0 Å². The number of nitrogens with two attached hydrogens (primary N) is 1. The van der Waals surface area contributed by atoms with E-state index in [1.807, 2.05) is 0 Å². The summed E-state index contributed by atoms with van der Waals surface area (Å²) in [6.45, 7) is 0.839. The van der Waals surface area contributed by atoms with Gasteiger partial charge >= 0.3 is 6.18 Å². The number of rotatable bonds is 2. The van der Waals surface area contributed by atoms with Crippen LogP contribution in [-0.2, 0) is 0 Å². The molecular formula is C11H12F3NO2. The topological polar surface area (TPSA) is 44.5 Å². The summed E-state index contributed by atoms with van der Waals surface area (Å²) in [6.07, 6.45) is -5.32. The fourth-order valence-electron chi connectivity index (χ4n) is 1.66. The van der Waals surface area contributed by atoms with Crippen molar-refractivity contribution in [1.29, 1.82) is 0 Å². The molecular weight excluding hydrogens is 235 g/mol. The van der Waals surface area contributed by atoms with E-state index in [9.17, 15) is 13.2 Å². The monoisotopic (exact) mass is 247 g/mol. The first-order valence-electron chi connectivity index (χ1n) is 5.17. The minimum atomic E-state index is -4.27. The number of ether oxygens (including phenoxy) is 2. The Morgan fingerprint density at radius 3 is 2.47 bits per heavy atom. The Hall–Kier alpha value is -1.43. The maximum absolute atomic E-state index is 12.2. The molecule has 1 heterocycles. The van der Waals surface area contributed by atoms with E-state index in [1.165, 1.54) is 12.1 Å². The van der Waals surface area contributed by atoms with E-state index >= 15 is 0 Å². The van der Waals surface area contributed by atoms with Gasteiger partial charge in [0.15, 0.2) is 11.5 Å².